The van der Waals surface area contributed by atoms with E-state index >= 15 is 4.39 Å². The van der Waals surface area contributed by atoms with Gasteiger partial charge in [-0.05, 0) is 43.9 Å². The van der Waals surface area contributed by atoms with Crippen molar-refractivity contribution in [3.8, 4) is 5.75 Å². The van der Waals surface area contributed by atoms with Gasteiger partial charge in [0.2, 0.25) is 0 Å². The van der Waals surface area contributed by atoms with E-state index < -0.39 is 17.7 Å². The number of nitrogens with zero attached hydrogens (tertiary/aromatic N) is 3. The van der Waals surface area contributed by atoms with Gasteiger partial charge in [-0.2, -0.15) is 0 Å². The highest BCUT2D eigenvalue weighted by atomic mass is 19.1. The molecule has 1 aliphatic carbocycles. The lowest BCUT2D eigenvalue weighted by Gasteiger charge is -2.28. The van der Waals surface area contributed by atoms with Crippen LogP contribution in [0, 0.1) is 25.6 Å². The van der Waals surface area contributed by atoms with Gasteiger partial charge in [-0.15, -0.1) is 0 Å². The maximum absolute atomic E-state index is 15.3. The molecule has 0 unspecified atom stereocenters. The van der Waals surface area contributed by atoms with Crippen LogP contribution in [0.15, 0.2) is 54.7 Å². The van der Waals surface area contributed by atoms with Crippen LogP contribution in [0.3, 0.4) is 0 Å². The summed E-state index contributed by atoms with van der Waals surface area (Å²) in [6.45, 7) is 4.68. The monoisotopic (exact) mass is 487 g/mol. The third kappa shape index (κ3) is 4.96. The molecule has 36 heavy (non-hydrogen) atoms. The smallest absolute Gasteiger partial charge is 0.307 e. The van der Waals surface area contributed by atoms with Gasteiger partial charge >= 0.3 is 5.97 Å². The number of hydrogen-bond acceptors (Lipinski definition) is 4. The molecular weight excluding hydrogens is 457 g/mol. The molecule has 1 N–H and O–H groups in total. The Morgan fingerprint density at radius 3 is 2.56 bits per heavy atom. The first-order chi connectivity index (χ1) is 17.4. The Morgan fingerprint density at radius 2 is 1.83 bits per heavy atom. The second-order valence-corrected chi connectivity index (χ2v) is 9.77. The molecule has 2 aromatic carbocycles. The highest BCUT2D eigenvalue weighted by Gasteiger charge is 2.35. The van der Waals surface area contributed by atoms with Crippen molar-refractivity contribution < 1.29 is 19.0 Å². The molecule has 0 amide bonds. The van der Waals surface area contributed by atoms with Crippen LogP contribution in [0.5, 0.6) is 5.75 Å². The molecule has 1 fully saturated rings. The lowest BCUT2D eigenvalue weighted by atomic mass is 9.78. The van der Waals surface area contributed by atoms with Gasteiger partial charge in [0.05, 0.1) is 17.1 Å². The van der Waals surface area contributed by atoms with Crippen molar-refractivity contribution in [2.45, 2.75) is 58.6 Å². The van der Waals surface area contributed by atoms with Gasteiger partial charge in [0.15, 0.2) is 5.82 Å². The summed E-state index contributed by atoms with van der Waals surface area (Å²) in [6, 6.07) is 15.2. The van der Waals surface area contributed by atoms with Gasteiger partial charge in [0.1, 0.15) is 23.7 Å². The number of carboxylic acids is 1. The van der Waals surface area contributed by atoms with Gasteiger partial charge in [0.25, 0.3) is 0 Å². The van der Waals surface area contributed by atoms with Crippen LogP contribution in [0.4, 0.5) is 4.39 Å². The van der Waals surface area contributed by atoms with E-state index in [9.17, 15) is 9.90 Å². The lowest BCUT2D eigenvalue weighted by Crippen LogP contribution is -2.27. The maximum Gasteiger partial charge on any atom is 0.307 e. The number of benzene rings is 2. The predicted octanol–water partition coefficient (Wildman–Crippen LogP) is 6.17. The Bertz CT molecular complexity index is 1380. The lowest BCUT2D eigenvalue weighted by molar-refractivity contribution is -0.143. The number of imidazole rings is 1. The molecule has 1 saturated carbocycles. The fraction of sp³-hybridized carbons (Fsp3) is 0.345. The molecule has 0 aliphatic heterocycles. The van der Waals surface area contributed by atoms with Gasteiger partial charge in [-0.3, -0.25) is 9.78 Å². The number of hydrogen-bond donors (Lipinski definition) is 1. The number of halogens is 1. The Morgan fingerprint density at radius 1 is 1.08 bits per heavy atom. The summed E-state index contributed by atoms with van der Waals surface area (Å²) in [5.41, 5.74) is 4.85. The maximum atomic E-state index is 15.3. The van der Waals surface area contributed by atoms with Crippen LogP contribution in [0.1, 0.15) is 59.8 Å². The van der Waals surface area contributed by atoms with E-state index in [0.717, 1.165) is 41.6 Å². The minimum atomic E-state index is -0.816. The van der Waals surface area contributed by atoms with Gasteiger partial charge in [-0.1, -0.05) is 48.7 Å². The van der Waals surface area contributed by atoms with E-state index in [1.54, 1.807) is 12.3 Å². The van der Waals surface area contributed by atoms with Gasteiger partial charge < -0.3 is 14.4 Å². The third-order valence-corrected chi connectivity index (χ3v) is 7.05. The molecule has 2 heterocycles. The molecule has 6 nitrogen and oxygen atoms in total. The molecular formula is C29H30FN3O3. The summed E-state index contributed by atoms with van der Waals surface area (Å²) in [5.74, 6) is -1.07. The van der Waals surface area contributed by atoms with Gasteiger partial charge in [-0.25, -0.2) is 9.37 Å². The van der Waals surface area contributed by atoms with Crippen LogP contribution in [0.25, 0.3) is 11.0 Å². The van der Waals surface area contributed by atoms with Crippen molar-refractivity contribution >= 4 is 17.0 Å². The first kappa shape index (κ1) is 24.0. The average molecular weight is 488 g/mol. The molecule has 2 atom stereocenters. The van der Waals surface area contributed by atoms with E-state index in [-0.39, 0.29) is 18.0 Å². The molecule has 1 aliphatic rings. The van der Waals surface area contributed by atoms with Crippen LogP contribution in [0.2, 0.25) is 0 Å². The number of pyridine rings is 1. The number of aryl methyl sites for hydroxylation is 2. The predicted molar refractivity (Wildman–Crippen MR) is 136 cm³/mol. The van der Waals surface area contributed by atoms with Crippen LogP contribution in [-0.2, 0) is 17.9 Å². The number of ether oxygens (including phenoxy) is 1. The van der Waals surface area contributed by atoms with E-state index in [4.69, 9.17) is 9.72 Å². The third-order valence-electron chi connectivity index (χ3n) is 7.05. The summed E-state index contributed by atoms with van der Waals surface area (Å²) in [6.07, 6.45) is 4.91. The van der Waals surface area contributed by atoms with E-state index in [1.165, 1.54) is 6.07 Å². The largest absolute Gasteiger partial charge is 0.487 e. The average Bonchev–Trinajstić information content (AvgIpc) is 3.23. The minimum Gasteiger partial charge on any atom is -0.487 e. The molecule has 5 rings (SSSR count). The molecule has 4 aromatic rings. The van der Waals surface area contributed by atoms with Crippen LogP contribution >= 0.6 is 0 Å². The van der Waals surface area contributed by atoms with Crippen molar-refractivity contribution in [2.24, 2.45) is 5.92 Å². The first-order valence-corrected chi connectivity index (χ1v) is 12.4. The molecule has 0 radical (unpaired) electrons. The quantitative estimate of drug-likeness (QED) is 0.337. The summed E-state index contributed by atoms with van der Waals surface area (Å²) in [4.78, 5) is 21.2. The molecule has 7 heteroatoms. The summed E-state index contributed by atoms with van der Waals surface area (Å²) >= 11 is 0. The zero-order valence-corrected chi connectivity index (χ0v) is 20.6. The number of carboxylic acid groups (broad SMARTS) is 1. The zero-order chi connectivity index (χ0) is 25.2. The van der Waals surface area contributed by atoms with E-state index in [1.807, 2.05) is 54.8 Å². The zero-order valence-electron chi connectivity index (χ0n) is 20.6. The molecule has 2 aromatic heterocycles. The summed E-state index contributed by atoms with van der Waals surface area (Å²) in [7, 11) is 0. The normalized spacial score (nSPS) is 17.9. The minimum absolute atomic E-state index is 0.216. The van der Waals surface area contributed by atoms with Crippen LogP contribution < -0.4 is 4.74 Å². The van der Waals surface area contributed by atoms with Crippen molar-refractivity contribution in [3.63, 3.8) is 0 Å². The molecule has 0 saturated heterocycles. The second kappa shape index (κ2) is 10.1. The number of aromatic nitrogens is 3. The van der Waals surface area contributed by atoms with Gasteiger partial charge in [0, 0.05) is 30.8 Å². The van der Waals surface area contributed by atoms with E-state index in [0.29, 0.717) is 30.1 Å². The fourth-order valence-corrected chi connectivity index (χ4v) is 5.06. The fourth-order valence-electron chi connectivity index (χ4n) is 5.06. The molecule has 186 valence electrons. The first-order valence-electron chi connectivity index (χ1n) is 12.4. The Kier molecular flexibility index (Phi) is 6.72. The van der Waals surface area contributed by atoms with Crippen molar-refractivity contribution in [1.29, 1.82) is 0 Å². The van der Waals surface area contributed by atoms with E-state index in [2.05, 4.69) is 4.98 Å². The highest BCUT2D eigenvalue weighted by Crippen LogP contribution is 2.40. The molecule has 0 bridgehead atoms. The summed E-state index contributed by atoms with van der Waals surface area (Å²) < 4.78 is 23.2. The highest BCUT2D eigenvalue weighted by molar-refractivity contribution is 5.79. The summed E-state index contributed by atoms with van der Waals surface area (Å²) in [5, 5.41) is 9.91. The van der Waals surface area contributed by atoms with Crippen LogP contribution in [-0.4, -0.2) is 25.6 Å². The number of aliphatic carboxylic acids is 1. The number of fused-ring (bicyclic) bond motifs is 1. The standard InChI is InChI=1S/C29H30FN3O3/c1-18-7-10-20(11-8-18)16-33-26-14-22(36-17-21-12-9-19(2)15-31-21)13-25(30)27(26)32-28(33)23-5-3-4-6-24(23)29(34)35/h7-15,23-24H,3-6,16-17H2,1-2H3,(H,34,35)/t23-,24-/m1/s1. The Hall–Kier alpha value is -3.74. The van der Waals surface area contributed by atoms with Crippen molar-refractivity contribution in [2.75, 3.05) is 0 Å². The topological polar surface area (TPSA) is 77.2 Å². The number of rotatable bonds is 7. The Labute approximate surface area is 209 Å². The molecule has 0 spiro atoms. The Balaban J connectivity index is 1.57. The second-order valence-electron chi connectivity index (χ2n) is 9.77. The number of carbonyl (C=O) groups is 1. The van der Waals surface area contributed by atoms with Crippen molar-refractivity contribution in [3.05, 3.63) is 88.8 Å². The SMILES string of the molecule is Cc1ccc(Cn2c([C@@H]3CCCC[C@H]3C(=O)O)nc3c(F)cc(OCc4ccc(C)cn4)cc32)cc1. The van der Waals surface area contributed by atoms with Crippen molar-refractivity contribution in [1.82, 2.24) is 14.5 Å².